The number of carbonyl (C=O) groups is 2. The molecule has 1 aromatic carbocycles. The molecule has 0 N–H and O–H groups in total. The average molecular weight is 312 g/mol. The normalized spacial score (nSPS) is 13.7. The molecule has 2 amide bonds. The summed E-state index contributed by atoms with van der Waals surface area (Å²) in [5, 5.41) is 10.9. The molecule has 2 rings (SSSR count). The third-order valence-electron chi connectivity index (χ3n) is 2.45. The number of carbonyl (C=O) groups excluding carboxylic acids is 2. The zero-order valence-electron chi connectivity index (χ0n) is 9.14. The number of halogens is 1. The molecule has 0 aromatic heterocycles. The Kier molecular flexibility index (Phi) is 3.04. The fraction of sp³-hybridized carbons (Fsp3) is 0.200. The summed E-state index contributed by atoms with van der Waals surface area (Å²) >= 11 is 3.12. The monoisotopic (exact) mass is 311 g/mol. The molecule has 1 aliphatic heterocycles. The van der Waals surface area contributed by atoms with Gasteiger partial charge < -0.3 is 0 Å². The lowest BCUT2D eigenvalue weighted by Gasteiger charge is -2.05. The van der Waals surface area contributed by atoms with Gasteiger partial charge in [-0.05, 0) is 34.0 Å². The zero-order chi connectivity index (χ0) is 13.4. The largest absolute Gasteiger partial charge is 0.338 e. The molecule has 0 unspecified atom stereocenters. The van der Waals surface area contributed by atoms with Gasteiger partial charge in [0, 0.05) is 0 Å². The standard InChI is InChI=1S/C10H6BrN3O4/c1-2-4-3-5-7(8(6(4)11)14(17)18)13-10(16)9(15)12-5/h3H,2H2,1H3. The van der Waals surface area contributed by atoms with Gasteiger partial charge in [0.1, 0.15) is 9.83 Å². The van der Waals surface area contributed by atoms with E-state index in [4.69, 9.17) is 0 Å². The molecular formula is C10H6BrN3O4. The molecular weight excluding hydrogens is 306 g/mol. The molecule has 0 spiro atoms. The second kappa shape index (κ2) is 4.37. The number of hydrogen-bond donors (Lipinski definition) is 0. The third-order valence-corrected chi connectivity index (χ3v) is 3.33. The highest BCUT2D eigenvalue weighted by Crippen LogP contribution is 2.24. The Morgan fingerprint density at radius 1 is 1.33 bits per heavy atom. The van der Waals surface area contributed by atoms with E-state index in [0.717, 1.165) is 0 Å². The van der Waals surface area contributed by atoms with Gasteiger partial charge in [-0.2, -0.15) is 4.99 Å². The molecule has 7 nitrogen and oxygen atoms in total. The minimum atomic E-state index is -1.10. The van der Waals surface area contributed by atoms with Crippen molar-refractivity contribution in [3.8, 4) is 0 Å². The Bertz CT molecular complexity index is 711. The number of hydrogen-bond acceptors (Lipinski definition) is 4. The zero-order valence-corrected chi connectivity index (χ0v) is 10.7. The van der Waals surface area contributed by atoms with E-state index in [9.17, 15) is 19.7 Å². The Labute approximate surface area is 109 Å². The van der Waals surface area contributed by atoms with Gasteiger partial charge in [-0.3, -0.25) is 19.7 Å². The van der Waals surface area contributed by atoms with Crippen LogP contribution in [-0.4, -0.2) is 16.7 Å². The molecule has 0 atom stereocenters. The van der Waals surface area contributed by atoms with Crippen LogP contribution >= 0.6 is 15.9 Å². The van der Waals surface area contributed by atoms with Crippen molar-refractivity contribution in [3.63, 3.8) is 0 Å². The SMILES string of the molecule is CCc1cc2c(c([N+](=O)[O-])c1Br)=NC(=O)C(=O)N=2. The minimum Gasteiger partial charge on any atom is -0.261 e. The van der Waals surface area contributed by atoms with Crippen molar-refractivity contribution in [2.45, 2.75) is 13.3 Å². The summed E-state index contributed by atoms with van der Waals surface area (Å²) in [5.74, 6) is -2.11. The summed E-state index contributed by atoms with van der Waals surface area (Å²) in [6.45, 7) is 1.81. The lowest BCUT2D eigenvalue weighted by atomic mass is 10.1. The molecule has 0 radical (unpaired) electrons. The van der Waals surface area contributed by atoms with Crippen LogP contribution in [0, 0.1) is 10.1 Å². The number of amides is 2. The fourth-order valence-electron chi connectivity index (χ4n) is 1.60. The van der Waals surface area contributed by atoms with Crippen LogP contribution in [0.5, 0.6) is 0 Å². The van der Waals surface area contributed by atoms with Gasteiger partial charge in [0.2, 0.25) is 0 Å². The van der Waals surface area contributed by atoms with Crippen LogP contribution in [0.2, 0.25) is 0 Å². The van der Waals surface area contributed by atoms with Crippen LogP contribution in [-0.2, 0) is 16.0 Å². The lowest BCUT2D eigenvalue weighted by molar-refractivity contribution is -0.387. The fourth-order valence-corrected chi connectivity index (χ4v) is 2.33. The first-order valence-corrected chi connectivity index (χ1v) is 5.76. The van der Waals surface area contributed by atoms with Crippen LogP contribution in [0.15, 0.2) is 20.5 Å². The predicted octanol–water partition coefficient (Wildman–Crippen LogP) is 0.226. The number of nitro groups is 1. The maximum Gasteiger partial charge on any atom is 0.338 e. The highest BCUT2D eigenvalue weighted by molar-refractivity contribution is 9.10. The Balaban J connectivity index is 2.99. The van der Waals surface area contributed by atoms with Gasteiger partial charge in [-0.1, -0.05) is 6.92 Å². The summed E-state index contributed by atoms with van der Waals surface area (Å²) in [5.41, 5.74) is 0.287. The van der Waals surface area contributed by atoms with Crippen LogP contribution in [0.25, 0.3) is 0 Å². The molecule has 0 aliphatic carbocycles. The lowest BCUT2D eigenvalue weighted by Crippen LogP contribution is -2.37. The molecule has 0 saturated carbocycles. The molecule has 1 heterocycles. The van der Waals surface area contributed by atoms with Crippen molar-refractivity contribution < 1.29 is 14.5 Å². The van der Waals surface area contributed by atoms with E-state index in [1.165, 1.54) is 6.07 Å². The van der Waals surface area contributed by atoms with Crippen LogP contribution < -0.4 is 10.7 Å². The molecule has 18 heavy (non-hydrogen) atoms. The number of nitrogens with zero attached hydrogens (tertiary/aromatic N) is 3. The van der Waals surface area contributed by atoms with Gasteiger partial charge in [0.15, 0.2) is 5.36 Å². The number of nitro benzene ring substituents is 1. The summed E-state index contributed by atoms with van der Waals surface area (Å²) < 4.78 is 0.259. The van der Waals surface area contributed by atoms with Crippen molar-refractivity contribution in [2.24, 2.45) is 9.98 Å². The smallest absolute Gasteiger partial charge is 0.261 e. The van der Waals surface area contributed by atoms with E-state index in [2.05, 4.69) is 25.9 Å². The van der Waals surface area contributed by atoms with Gasteiger partial charge in [-0.15, -0.1) is 0 Å². The number of benzene rings is 1. The molecule has 0 bridgehead atoms. The minimum absolute atomic E-state index is 0.0614. The average Bonchev–Trinajstić information content (AvgIpc) is 2.30. The van der Waals surface area contributed by atoms with Crippen molar-refractivity contribution in [3.05, 3.63) is 36.9 Å². The first-order valence-electron chi connectivity index (χ1n) is 4.97. The van der Waals surface area contributed by atoms with E-state index >= 15 is 0 Å². The molecule has 92 valence electrons. The predicted molar refractivity (Wildman–Crippen MR) is 62.5 cm³/mol. The first-order chi connectivity index (χ1) is 8.45. The van der Waals surface area contributed by atoms with Crippen molar-refractivity contribution in [2.75, 3.05) is 0 Å². The second-order valence-corrected chi connectivity index (χ2v) is 4.30. The summed E-state index contributed by atoms with van der Waals surface area (Å²) in [6.07, 6.45) is 0.520. The van der Waals surface area contributed by atoms with Gasteiger partial charge in [0.25, 0.3) is 0 Å². The topological polar surface area (TPSA) is 102 Å². The number of fused-ring (bicyclic) bond motifs is 1. The Morgan fingerprint density at radius 2 is 1.94 bits per heavy atom. The quantitative estimate of drug-likeness (QED) is 0.443. The summed E-state index contributed by atoms with van der Waals surface area (Å²) in [7, 11) is 0. The highest BCUT2D eigenvalue weighted by Gasteiger charge is 2.25. The Hall–Kier alpha value is -1.96. The van der Waals surface area contributed by atoms with E-state index in [1.807, 2.05) is 6.92 Å². The van der Waals surface area contributed by atoms with Crippen molar-refractivity contribution in [1.82, 2.24) is 0 Å². The first kappa shape index (κ1) is 12.5. The molecule has 0 fully saturated rings. The number of aryl methyl sites for hydroxylation is 1. The third kappa shape index (κ3) is 1.84. The van der Waals surface area contributed by atoms with E-state index in [0.29, 0.717) is 12.0 Å². The molecule has 1 aliphatic rings. The molecule has 1 aromatic rings. The maximum atomic E-state index is 11.1. The number of rotatable bonds is 2. The Morgan fingerprint density at radius 3 is 2.50 bits per heavy atom. The van der Waals surface area contributed by atoms with E-state index in [-0.39, 0.29) is 20.9 Å². The van der Waals surface area contributed by atoms with Gasteiger partial charge >= 0.3 is 17.5 Å². The van der Waals surface area contributed by atoms with Crippen molar-refractivity contribution in [1.29, 1.82) is 0 Å². The summed E-state index contributed by atoms with van der Waals surface area (Å²) in [4.78, 5) is 39.6. The molecule has 8 heteroatoms. The van der Waals surface area contributed by atoms with Crippen LogP contribution in [0.3, 0.4) is 0 Å². The van der Waals surface area contributed by atoms with Gasteiger partial charge in [0.05, 0.1) is 4.92 Å². The van der Waals surface area contributed by atoms with Crippen LogP contribution in [0.1, 0.15) is 12.5 Å². The van der Waals surface area contributed by atoms with E-state index in [1.54, 1.807) is 0 Å². The molecule has 0 saturated heterocycles. The van der Waals surface area contributed by atoms with Gasteiger partial charge in [-0.25, -0.2) is 4.99 Å². The van der Waals surface area contributed by atoms with Crippen LogP contribution in [0.4, 0.5) is 5.69 Å². The van der Waals surface area contributed by atoms with Crippen molar-refractivity contribution >= 4 is 33.4 Å². The van der Waals surface area contributed by atoms with E-state index < -0.39 is 16.7 Å². The maximum absolute atomic E-state index is 11.1. The highest BCUT2D eigenvalue weighted by atomic mass is 79.9. The summed E-state index contributed by atoms with van der Waals surface area (Å²) in [6, 6.07) is 1.51. The second-order valence-electron chi connectivity index (χ2n) is 3.51.